The number of methoxy groups -OCH3 is 2. The Labute approximate surface area is 388 Å². The van der Waals surface area contributed by atoms with Crippen molar-refractivity contribution >= 4 is 36.2 Å². The first-order valence-electron chi connectivity index (χ1n) is 22.0. The largest absolute Gasteiger partial charge is 0.495 e. The third-order valence-electron chi connectivity index (χ3n) is 12.4. The maximum atomic E-state index is 13.6. The molecule has 2 unspecified atom stereocenters. The van der Waals surface area contributed by atoms with Gasteiger partial charge in [-0.3, -0.25) is 24.5 Å². The van der Waals surface area contributed by atoms with Crippen molar-refractivity contribution in [3.8, 4) is 22.9 Å². The van der Waals surface area contributed by atoms with Gasteiger partial charge < -0.3 is 28.2 Å². The van der Waals surface area contributed by atoms with Crippen molar-refractivity contribution in [2.75, 3.05) is 41.0 Å². The first-order valence-corrected chi connectivity index (χ1v) is 22.0. The number of hydrogen-bond acceptors (Lipinski definition) is 10. The number of amides is 1. The molecule has 4 aromatic carbocycles. The number of carbonyl (C=O) groups is 2. The highest BCUT2D eigenvalue weighted by Gasteiger charge is 2.48. The number of rotatable bonds is 13. The van der Waals surface area contributed by atoms with Gasteiger partial charge in [0.1, 0.15) is 41.4 Å². The van der Waals surface area contributed by atoms with Crippen molar-refractivity contribution in [1.82, 2.24) is 28.9 Å². The Bertz CT molecular complexity index is 2900. The molecule has 0 N–H and O–H groups in total. The first-order chi connectivity index (χ1) is 32.4. The SMILES string of the molecule is CCC1(c2ccc(F)cc2)CN=C2/C(=C/c3ccc(-n4cnc(C)c4)c(OC)c3)CCC(=O)N21.COc1cc(/C=C(\COC=O)C2=NCC(c3ccc(F)cc3)N2C)ccc1-n1cnc(C)c1. The topological polar surface area (TPSA) is 129 Å². The van der Waals surface area contributed by atoms with Crippen molar-refractivity contribution in [2.24, 2.45) is 9.98 Å². The Morgan fingerprint density at radius 3 is 1.97 bits per heavy atom. The summed E-state index contributed by atoms with van der Waals surface area (Å²) in [5, 5.41) is 0. The summed E-state index contributed by atoms with van der Waals surface area (Å²) in [6, 6.07) is 24.7. The van der Waals surface area contributed by atoms with E-state index in [0.29, 0.717) is 44.6 Å². The molecule has 0 spiro atoms. The van der Waals surface area contributed by atoms with E-state index in [0.717, 1.165) is 73.6 Å². The summed E-state index contributed by atoms with van der Waals surface area (Å²) in [6.07, 6.45) is 13.1. The molecule has 15 heteroatoms. The zero-order valence-electron chi connectivity index (χ0n) is 38.3. The summed E-state index contributed by atoms with van der Waals surface area (Å²) < 4.78 is 47.1. The van der Waals surface area contributed by atoms with Crippen molar-refractivity contribution < 1.29 is 32.6 Å². The maximum Gasteiger partial charge on any atom is 0.293 e. The Hall–Kier alpha value is -7.68. The second kappa shape index (κ2) is 19.8. The van der Waals surface area contributed by atoms with E-state index in [2.05, 4.69) is 23.0 Å². The number of hydrogen-bond donors (Lipinski definition) is 0. The van der Waals surface area contributed by atoms with Crippen molar-refractivity contribution in [3.05, 3.63) is 166 Å². The molecule has 3 aliphatic heterocycles. The molecule has 9 rings (SSSR count). The number of fused-ring (bicyclic) bond motifs is 1. The van der Waals surface area contributed by atoms with E-state index in [1.54, 1.807) is 51.1 Å². The summed E-state index contributed by atoms with van der Waals surface area (Å²) >= 11 is 0. The van der Waals surface area contributed by atoms with E-state index in [9.17, 15) is 18.4 Å². The second-order valence-corrected chi connectivity index (χ2v) is 16.6. The number of piperidine rings is 1. The maximum absolute atomic E-state index is 13.6. The fourth-order valence-corrected chi connectivity index (χ4v) is 8.90. The molecule has 2 atom stereocenters. The molecule has 0 radical (unpaired) electrons. The van der Waals surface area contributed by atoms with E-state index >= 15 is 0 Å². The number of nitrogens with zero attached hydrogens (tertiary/aromatic N) is 8. The van der Waals surface area contributed by atoms with Gasteiger partial charge in [-0.2, -0.15) is 0 Å². The standard InChI is InChI=1S/C27H27FN4O2.C25H25FN4O3/c1-4-27(21-7-9-22(28)10-8-21)16-29-26-20(6-12-25(33)32(26)27)13-19-5-11-23(24(14-19)34-3)31-15-18(2)30-17-31;1-17-13-30(15-28-17)22-9-4-18(11-24(22)32-3)10-20(14-33-16-31)25-27-12-23(29(25)2)19-5-7-21(26)8-6-19/h5,7-11,13-15,17H,4,6,12,16H2,1-3H3;4-11,13,15-16,23H,12,14H2,1-3H3/b20-13+;20-10+. The van der Waals surface area contributed by atoms with Gasteiger partial charge in [-0.25, -0.2) is 18.7 Å². The number of aliphatic imine (C=N–C) groups is 2. The van der Waals surface area contributed by atoms with Crippen LogP contribution in [-0.4, -0.2) is 93.9 Å². The summed E-state index contributed by atoms with van der Waals surface area (Å²) in [6.45, 7) is 7.42. The Morgan fingerprint density at radius 1 is 0.806 bits per heavy atom. The van der Waals surface area contributed by atoms with Gasteiger partial charge >= 0.3 is 0 Å². The minimum Gasteiger partial charge on any atom is -0.495 e. The Kier molecular flexibility index (Phi) is 13.6. The third-order valence-corrected chi connectivity index (χ3v) is 12.4. The van der Waals surface area contributed by atoms with Crippen LogP contribution in [0, 0.1) is 25.5 Å². The lowest BCUT2D eigenvalue weighted by atomic mass is 9.84. The molecule has 0 aliphatic carbocycles. The van der Waals surface area contributed by atoms with E-state index in [1.807, 2.05) is 94.7 Å². The molecule has 0 bridgehead atoms. The van der Waals surface area contributed by atoms with Crippen molar-refractivity contribution in [2.45, 2.75) is 51.6 Å². The van der Waals surface area contributed by atoms with E-state index < -0.39 is 5.54 Å². The fraction of sp³-hybridized carbons (Fsp3) is 0.269. The van der Waals surface area contributed by atoms with Gasteiger partial charge in [-0.15, -0.1) is 0 Å². The number of aryl methyl sites for hydroxylation is 2. The molecule has 0 saturated carbocycles. The predicted octanol–water partition coefficient (Wildman–Crippen LogP) is 9.02. The van der Waals surface area contributed by atoms with Gasteiger partial charge in [0.15, 0.2) is 0 Å². The van der Waals surface area contributed by atoms with E-state index in [-0.39, 0.29) is 30.2 Å². The molecule has 6 aromatic rings. The molecule has 1 saturated heterocycles. The molecule has 5 heterocycles. The van der Waals surface area contributed by atoms with Crippen LogP contribution in [0.2, 0.25) is 0 Å². The molecule has 1 fully saturated rings. The molecule has 3 aliphatic rings. The van der Waals surface area contributed by atoms with Gasteiger partial charge in [-0.1, -0.05) is 43.3 Å². The quantitative estimate of drug-likeness (QED) is 0.105. The second-order valence-electron chi connectivity index (χ2n) is 16.6. The highest BCUT2D eigenvalue weighted by atomic mass is 19.1. The predicted molar refractivity (Wildman–Crippen MR) is 254 cm³/mol. The lowest BCUT2D eigenvalue weighted by molar-refractivity contribution is -0.132. The number of amidine groups is 2. The van der Waals surface area contributed by atoms with Crippen molar-refractivity contribution in [1.29, 1.82) is 0 Å². The van der Waals surface area contributed by atoms with Gasteiger partial charge in [0.25, 0.3) is 6.47 Å². The lowest BCUT2D eigenvalue weighted by Crippen LogP contribution is -2.52. The summed E-state index contributed by atoms with van der Waals surface area (Å²) in [4.78, 5) is 46.0. The number of carbonyl (C=O) groups excluding carboxylic acids is 2. The highest BCUT2D eigenvalue weighted by Crippen LogP contribution is 2.42. The molecule has 67 heavy (non-hydrogen) atoms. The van der Waals surface area contributed by atoms with Crippen molar-refractivity contribution in [3.63, 3.8) is 0 Å². The van der Waals surface area contributed by atoms with Gasteiger partial charge in [-0.05, 0) is 115 Å². The van der Waals surface area contributed by atoms with Crippen LogP contribution in [-0.2, 0) is 19.9 Å². The van der Waals surface area contributed by atoms with Crippen LogP contribution < -0.4 is 9.47 Å². The number of halogens is 2. The highest BCUT2D eigenvalue weighted by molar-refractivity contribution is 6.14. The average molecular weight is 907 g/mol. The first kappa shape index (κ1) is 45.9. The number of aromatic nitrogens is 4. The number of benzene rings is 4. The molecular weight excluding hydrogens is 855 g/mol. The van der Waals surface area contributed by atoms with E-state index in [1.165, 1.54) is 24.3 Å². The number of likely N-dealkylation sites (N-methyl/N-ethyl adjacent to an activating group) is 1. The molecule has 344 valence electrons. The summed E-state index contributed by atoms with van der Waals surface area (Å²) in [5.41, 5.74) is 8.53. The Morgan fingerprint density at radius 2 is 1.40 bits per heavy atom. The lowest BCUT2D eigenvalue weighted by Gasteiger charge is -2.41. The third kappa shape index (κ3) is 9.53. The van der Waals surface area contributed by atoms with Gasteiger partial charge in [0.05, 0.1) is 74.3 Å². The fourth-order valence-electron chi connectivity index (χ4n) is 8.90. The summed E-state index contributed by atoms with van der Waals surface area (Å²) in [5.74, 6) is 2.35. The number of imidazole rings is 2. The smallest absolute Gasteiger partial charge is 0.293 e. The zero-order chi connectivity index (χ0) is 47.2. The van der Waals surface area contributed by atoms with Crippen LogP contribution in [0.5, 0.6) is 11.5 Å². The van der Waals surface area contributed by atoms with Crippen LogP contribution >= 0.6 is 0 Å². The zero-order valence-corrected chi connectivity index (χ0v) is 38.3. The number of ether oxygens (including phenoxy) is 3. The normalized spacial score (nSPS) is 18.6. The van der Waals surface area contributed by atoms with E-state index in [4.69, 9.17) is 24.2 Å². The monoisotopic (exact) mass is 906 g/mol. The van der Waals surface area contributed by atoms with Crippen LogP contribution in [0.15, 0.2) is 131 Å². The summed E-state index contributed by atoms with van der Waals surface area (Å²) in [7, 11) is 5.20. The Balaban J connectivity index is 0.000000182. The average Bonchev–Trinajstić information content (AvgIpc) is 4.16. The van der Waals surface area contributed by atoms with Crippen LogP contribution in [0.4, 0.5) is 8.78 Å². The minimum atomic E-state index is -0.583. The molecule has 2 aromatic heterocycles. The van der Waals surface area contributed by atoms with Gasteiger partial charge in [0, 0.05) is 31.4 Å². The van der Waals surface area contributed by atoms with Crippen LogP contribution in [0.3, 0.4) is 0 Å². The van der Waals surface area contributed by atoms with Crippen LogP contribution in [0.25, 0.3) is 23.5 Å². The molecular formula is C52H52F2N8O5. The minimum absolute atomic E-state index is 0.0263. The van der Waals surface area contributed by atoms with Gasteiger partial charge in [0.2, 0.25) is 5.91 Å². The molecule has 1 amide bonds. The molecule has 13 nitrogen and oxygen atoms in total. The van der Waals surface area contributed by atoms with Crippen LogP contribution in [0.1, 0.15) is 65.9 Å².